The highest BCUT2D eigenvalue weighted by Gasteiger charge is 2.03. The summed E-state index contributed by atoms with van der Waals surface area (Å²) in [5.74, 6) is 1.06. The lowest BCUT2D eigenvalue weighted by atomic mass is 10.1. The Kier molecular flexibility index (Phi) is 4.18. The number of esters is 1. The third-order valence-electron chi connectivity index (χ3n) is 2.57. The quantitative estimate of drug-likeness (QED) is 0.618. The van der Waals surface area contributed by atoms with E-state index in [0.29, 0.717) is 12.4 Å². The second-order valence-corrected chi connectivity index (χ2v) is 4.08. The topological polar surface area (TPSA) is 35.5 Å². The van der Waals surface area contributed by atoms with E-state index in [-0.39, 0.29) is 5.97 Å². The van der Waals surface area contributed by atoms with E-state index in [2.05, 4.69) is 0 Å². The molecule has 98 valence electrons. The molecule has 0 unspecified atom stereocenters. The van der Waals surface area contributed by atoms with Gasteiger partial charge in [0.25, 0.3) is 0 Å². The fourth-order valence-corrected chi connectivity index (χ4v) is 1.84. The van der Waals surface area contributed by atoms with Gasteiger partial charge < -0.3 is 9.47 Å². The highest BCUT2D eigenvalue weighted by Crippen LogP contribution is 2.26. The van der Waals surface area contributed by atoms with Crippen molar-refractivity contribution in [1.29, 1.82) is 0 Å². The lowest BCUT2D eigenvalue weighted by Gasteiger charge is -2.08. The third kappa shape index (κ3) is 3.58. The summed E-state index contributed by atoms with van der Waals surface area (Å²) in [5, 5.41) is 0. The molecule has 0 radical (unpaired) electrons. The molecule has 0 spiro atoms. The van der Waals surface area contributed by atoms with Gasteiger partial charge in [0.15, 0.2) is 0 Å². The number of ether oxygens (including phenoxy) is 2. The first kappa shape index (κ1) is 13.1. The second-order valence-electron chi connectivity index (χ2n) is 4.08. The van der Waals surface area contributed by atoms with Crippen LogP contribution in [0.15, 0.2) is 48.5 Å². The molecule has 2 rings (SSSR count). The van der Waals surface area contributed by atoms with Crippen LogP contribution in [-0.2, 0) is 4.79 Å². The van der Waals surface area contributed by atoms with Crippen molar-refractivity contribution in [3.8, 4) is 22.6 Å². The molecule has 0 amide bonds. The zero-order valence-corrected chi connectivity index (χ0v) is 11.1. The maximum Gasteiger partial charge on any atom is 0.308 e. The molecule has 0 bridgehead atoms. The van der Waals surface area contributed by atoms with Gasteiger partial charge in [0.1, 0.15) is 11.5 Å². The minimum atomic E-state index is -0.319. The molecule has 0 heterocycles. The molecular weight excluding hydrogens is 240 g/mol. The number of carbonyl (C=O) groups is 1. The normalized spacial score (nSPS) is 10.0. The van der Waals surface area contributed by atoms with Gasteiger partial charge in [-0.2, -0.15) is 0 Å². The van der Waals surface area contributed by atoms with Gasteiger partial charge in [-0.05, 0) is 42.3 Å². The summed E-state index contributed by atoms with van der Waals surface area (Å²) in [7, 11) is 0. The predicted octanol–water partition coefficient (Wildman–Crippen LogP) is 3.68. The summed E-state index contributed by atoms with van der Waals surface area (Å²) < 4.78 is 10.6. The van der Waals surface area contributed by atoms with Crippen LogP contribution in [-0.4, -0.2) is 12.6 Å². The van der Waals surface area contributed by atoms with Crippen LogP contribution in [0.25, 0.3) is 11.1 Å². The summed E-state index contributed by atoms with van der Waals surface area (Å²) in [6, 6.07) is 15.3. The van der Waals surface area contributed by atoms with Crippen molar-refractivity contribution in [3.05, 3.63) is 48.5 Å². The van der Waals surface area contributed by atoms with Crippen molar-refractivity contribution < 1.29 is 14.3 Å². The average molecular weight is 256 g/mol. The summed E-state index contributed by atoms with van der Waals surface area (Å²) in [5.41, 5.74) is 2.01. The fraction of sp³-hybridized carbons (Fsp3) is 0.188. The smallest absolute Gasteiger partial charge is 0.308 e. The minimum absolute atomic E-state index is 0.319. The van der Waals surface area contributed by atoms with Gasteiger partial charge in [0, 0.05) is 6.92 Å². The Hall–Kier alpha value is -2.29. The van der Waals surface area contributed by atoms with Crippen LogP contribution >= 0.6 is 0 Å². The van der Waals surface area contributed by atoms with Crippen LogP contribution in [0.4, 0.5) is 0 Å². The molecule has 19 heavy (non-hydrogen) atoms. The Bertz CT molecular complexity index is 576. The molecule has 0 aliphatic heterocycles. The highest BCUT2D eigenvalue weighted by molar-refractivity contribution is 5.71. The van der Waals surface area contributed by atoms with Crippen LogP contribution in [0, 0.1) is 0 Å². The first-order chi connectivity index (χ1) is 9.19. The maximum atomic E-state index is 11.0. The lowest BCUT2D eigenvalue weighted by Crippen LogP contribution is -2.01. The largest absolute Gasteiger partial charge is 0.494 e. The van der Waals surface area contributed by atoms with Crippen molar-refractivity contribution >= 4 is 5.97 Å². The van der Waals surface area contributed by atoms with E-state index in [9.17, 15) is 4.79 Å². The van der Waals surface area contributed by atoms with Crippen LogP contribution in [0.3, 0.4) is 0 Å². The Morgan fingerprint density at radius 3 is 2.16 bits per heavy atom. The van der Waals surface area contributed by atoms with Crippen molar-refractivity contribution in [2.24, 2.45) is 0 Å². The van der Waals surface area contributed by atoms with Gasteiger partial charge in [0.05, 0.1) is 6.61 Å². The molecule has 0 fully saturated rings. The summed E-state index contributed by atoms with van der Waals surface area (Å²) in [4.78, 5) is 11.0. The Morgan fingerprint density at radius 1 is 1.00 bits per heavy atom. The summed E-state index contributed by atoms with van der Waals surface area (Å²) in [6.07, 6.45) is 0. The van der Waals surface area contributed by atoms with Crippen molar-refractivity contribution in [2.75, 3.05) is 6.61 Å². The van der Waals surface area contributed by atoms with Gasteiger partial charge in [-0.3, -0.25) is 4.79 Å². The number of hydrogen-bond donors (Lipinski definition) is 0. The first-order valence-corrected chi connectivity index (χ1v) is 6.21. The van der Waals surface area contributed by atoms with Crippen LogP contribution < -0.4 is 9.47 Å². The molecular formula is C16H16O3. The molecule has 0 atom stereocenters. The zero-order chi connectivity index (χ0) is 13.7. The van der Waals surface area contributed by atoms with E-state index in [1.54, 1.807) is 6.07 Å². The number of benzene rings is 2. The highest BCUT2D eigenvalue weighted by atomic mass is 16.5. The zero-order valence-electron chi connectivity index (χ0n) is 11.1. The molecule has 2 aromatic carbocycles. The van der Waals surface area contributed by atoms with Gasteiger partial charge in [0.2, 0.25) is 0 Å². The molecule has 0 aliphatic carbocycles. The Balaban J connectivity index is 2.30. The monoisotopic (exact) mass is 256 g/mol. The number of rotatable bonds is 4. The number of carbonyl (C=O) groups excluding carboxylic acids is 1. The van der Waals surface area contributed by atoms with E-state index in [1.807, 2.05) is 49.4 Å². The molecule has 0 N–H and O–H groups in total. The first-order valence-electron chi connectivity index (χ1n) is 6.21. The van der Waals surface area contributed by atoms with Crippen molar-refractivity contribution in [2.45, 2.75) is 13.8 Å². The molecule has 0 aromatic heterocycles. The molecule has 0 saturated carbocycles. The van der Waals surface area contributed by atoms with Crippen molar-refractivity contribution in [1.82, 2.24) is 0 Å². The van der Waals surface area contributed by atoms with Crippen LogP contribution in [0.5, 0.6) is 11.5 Å². The molecule has 3 nitrogen and oxygen atoms in total. The van der Waals surface area contributed by atoms with Crippen LogP contribution in [0.1, 0.15) is 13.8 Å². The van der Waals surface area contributed by atoms with E-state index < -0.39 is 0 Å². The predicted molar refractivity (Wildman–Crippen MR) is 74.4 cm³/mol. The van der Waals surface area contributed by atoms with Crippen molar-refractivity contribution in [3.63, 3.8) is 0 Å². The van der Waals surface area contributed by atoms with E-state index >= 15 is 0 Å². The average Bonchev–Trinajstić information content (AvgIpc) is 2.39. The molecule has 0 saturated heterocycles. The van der Waals surface area contributed by atoms with Crippen LogP contribution in [0.2, 0.25) is 0 Å². The molecule has 3 heteroatoms. The third-order valence-corrected chi connectivity index (χ3v) is 2.57. The fourth-order valence-electron chi connectivity index (χ4n) is 1.84. The second kappa shape index (κ2) is 6.05. The lowest BCUT2D eigenvalue weighted by molar-refractivity contribution is -0.131. The van der Waals surface area contributed by atoms with E-state index in [4.69, 9.17) is 9.47 Å². The number of hydrogen-bond acceptors (Lipinski definition) is 3. The summed E-state index contributed by atoms with van der Waals surface area (Å²) >= 11 is 0. The molecule has 0 aliphatic rings. The van der Waals surface area contributed by atoms with E-state index in [0.717, 1.165) is 16.9 Å². The van der Waals surface area contributed by atoms with E-state index in [1.165, 1.54) is 6.92 Å². The standard InChI is InChI=1S/C16H16O3/c1-3-18-15-8-4-6-13(10-15)14-7-5-9-16(11-14)19-12(2)17/h4-11H,3H2,1-2H3. The Labute approximate surface area is 112 Å². The maximum absolute atomic E-state index is 11.0. The summed E-state index contributed by atoms with van der Waals surface area (Å²) in [6.45, 7) is 3.98. The van der Waals surface area contributed by atoms with Gasteiger partial charge in [-0.15, -0.1) is 0 Å². The SMILES string of the molecule is CCOc1cccc(-c2cccc(OC(C)=O)c2)c1. The Morgan fingerprint density at radius 2 is 1.58 bits per heavy atom. The van der Waals surface area contributed by atoms with Gasteiger partial charge in [-0.25, -0.2) is 0 Å². The molecule has 2 aromatic rings. The van der Waals surface area contributed by atoms with Gasteiger partial charge in [-0.1, -0.05) is 24.3 Å². The minimum Gasteiger partial charge on any atom is -0.494 e. The van der Waals surface area contributed by atoms with Gasteiger partial charge >= 0.3 is 5.97 Å².